The van der Waals surface area contributed by atoms with Gasteiger partial charge in [0.1, 0.15) is 12.6 Å². The summed E-state index contributed by atoms with van der Waals surface area (Å²) in [5, 5.41) is 0. The van der Waals surface area contributed by atoms with Gasteiger partial charge in [0.15, 0.2) is 0 Å². The molecule has 2 N–H and O–H groups in total. The van der Waals surface area contributed by atoms with Crippen LogP contribution in [-0.2, 0) is 14.3 Å². The predicted molar refractivity (Wildman–Crippen MR) is 52.7 cm³/mol. The molecule has 0 amide bonds. The van der Waals surface area contributed by atoms with Crippen molar-refractivity contribution in [2.24, 2.45) is 11.7 Å². The maximum absolute atomic E-state index is 11.3. The van der Waals surface area contributed by atoms with Crippen molar-refractivity contribution in [2.75, 3.05) is 13.2 Å². The van der Waals surface area contributed by atoms with Gasteiger partial charge in [-0.25, -0.2) is 0 Å². The SMILES string of the molecule is CC(C)[C@H](N)C(=O)OC[C@@H]1CCCO1. The van der Waals surface area contributed by atoms with Gasteiger partial charge < -0.3 is 15.2 Å². The quantitative estimate of drug-likeness (QED) is 0.680. The molecule has 2 atom stereocenters. The Morgan fingerprint density at radius 3 is 2.86 bits per heavy atom. The fourth-order valence-electron chi connectivity index (χ4n) is 1.32. The monoisotopic (exact) mass is 201 g/mol. The maximum atomic E-state index is 11.3. The highest BCUT2D eigenvalue weighted by atomic mass is 16.6. The minimum Gasteiger partial charge on any atom is -0.462 e. The van der Waals surface area contributed by atoms with Gasteiger partial charge in [-0.3, -0.25) is 4.79 Å². The minimum atomic E-state index is -0.517. The number of hydrogen-bond donors (Lipinski definition) is 1. The van der Waals surface area contributed by atoms with Crippen LogP contribution in [0.15, 0.2) is 0 Å². The molecule has 1 aliphatic heterocycles. The lowest BCUT2D eigenvalue weighted by Crippen LogP contribution is -2.38. The smallest absolute Gasteiger partial charge is 0.323 e. The van der Waals surface area contributed by atoms with Gasteiger partial charge in [0.05, 0.1) is 6.10 Å². The number of ether oxygens (including phenoxy) is 2. The minimum absolute atomic E-state index is 0.0818. The summed E-state index contributed by atoms with van der Waals surface area (Å²) in [5.74, 6) is -0.206. The third kappa shape index (κ3) is 3.27. The van der Waals surface area contributed by atoms with Crippen molar-refractivity contribution < 1.29 is 14.3 Å². The van der Waals surface area contributed by atoms with Gasteiger partial charge in [-0.2, -0.15) is 0 Å². The van der Waals surface area contributed by atoms with Crippen LogP contribution in [-0.4, -0.2) is 31.3 Å². The molecule has 0 saturated carbocycles. The van der Waals surface area contributed by atoms with Crippen molar-refractivity contribution in [3.05, 3.63) is 0 Å². The second-order valence-electron chi connectivity index (χ2n) is 4.03. The molecule has 82 valence electrons. The van der Waals surface area contributed by atoms with Crippen LogP contribution < -0.4 is 5.73 Å². The Kier molecular flexibility index (Phi) is 4.35. The Hall–Kier alpha value is -0.610. The molecule has 1 aliphatic rings. The molecule has 1 fully saturated rings. The zero-order chi connectivity index (χ0) is 10.6. The molecule has 14 heavy (non-hydrogen) atoms. The first kappa shape index (κ1) is 11.5. The second kappa shape index (κ2) is 5.32. The highest BCUT2D eigenvalue weighted by Crippen LogP contribution is 2.12. The normalized spacial score (nSPS) is 23.9. The zero-order valence-corrected chi connectivity index (χ0v) is 8.86. The number of nitrogens with two attached hydrogens (primary N) is 1. The van der Waals surface area contributed by atoms with Crippen LogP contribution in [0.4, 0.5) is 0 Å². The van der Waals surface area contributed by atoms with Crippen molar-refractivity contribution in [1.29, 1.82) is 0 Å². The van der Waals surface area contributed by atoms with Crippen LogP contribution in [0, 0.1) is 5.92 Å². The maximum Gasteiger partial charge on any atom is 0.323 e. The standard InChI is InChI=1S/C10H19NO3/c1-7(2)9(11)10(12)14-6-8-4-3-5-13-8/h7-9H,3-6,11H2,1-2H3/t8-,9-/m0/s1. The molecule has 0 aliphatic carbocycles. The topological polar surface area (TPSA) is 61.6 Å². The first-order valence-electron chi connectivity index (χ1n) is 5.15. The molecule has 0 spiro atoms. The highest BCUT2D eigenvalue weighted by molar-refractivity contribution is 5.75. The molecule has 1 rings (SSSR count). The number of carbonyl (C=O) groups excluding carboxylic acids is 1. The molecular formula is C10H19NO3. The number of hydrogen-bond acceptors (Lipinski definition) is 4. The Balaban J connectivity index is 2.19. The summed E-state index contributed by atoms with van der Waals surface area (Å²) in [4.78, 5) is 11.3. The second-order valence-corrected chi connectivity index (χ2v) is 4.03. The van der Waals surface area contributed by atoms with E-state index in [2.05, 4.69) is 0 Å². The van der Waals surface area contributed by atoms with Crippen molar-refractivity contribution in [1.82, 2.24) is 0 Å². The average molecular weight is 201 g/mol. The summed E-state index contributed by atoms with van der Waals surface area (Å²) in [7, 11) is 0. The van der Waals surface area contributed by atoms with Gasteiger partial charge in [0.25, 0.3) is 0 Å². The molecule has 0 radical (unpaired) electrons. The first-order valence-corrected chi connectivity index (χ1v) is 5.15. The van der Waals surface area contributed by atoms with E-state index >= 15 is 0 Å². The number of esters is 1. The predicted octanol–water partition coefficient (Wildman–Crippen LogP) is 0.692. The summed E-state index contributed by atoms with van der Waals surface area (Å²) in [6.45, 7) is 4.92. The van der Waals surface area contributed by atoms with E-state index in [1.54, 1.807) is 0 Å². The van der Waals surface area contributed by atoms with Crippen LogP contribution in [0.5, 0.6) is 0 Å². The van der Waals surface area contributed by atoms with Crippen molar-refractivity contribution >= 4 is 5.97 Å². The summed E-state index contributed by atoms with van der Waals surface area (Å²) in [6.07, 6.45) is 2.11. The van der Waals surface area contributed by atoms with Crippen molar-refractivity contribution in [3.63, 3.8) is 0 Å². The van der Waals surface area contributed by atoms with Gasteiger partial charge in [0.2, 0.25) is 0 Å². The summed E-state index contributed by atoms with van der Waals surface area (Å²) < 4.78 is 10.4. The van der Waals surface area contributed by atoms with E-state index in [0.29, 0.717) is 6.61 Å². The van der Waals surface area contributed by atoms with Gasteiger partial charge in [-0.1, -0.05) is 13.8 Å². The molecule has 0 aromatic carbocycles. The van der Waals surface area contributed by atoms with E-state index in [-0.39, 0.29) is 18.0 Å². The molecule has 0 unspecified atom stereocenters. The highest BCUT2D eigenvalue weighted by Gasteiger charge is 2.22. The Bertz CT molecular complexity index is 188. The van der Waals surface area contributed by atoms with E-state index < -0.39 is 6.04 Å². The van der Waals surface area contributed by atoms with Crippen LogP contribution >= 0.6 is 0 Å². The van der Waals surface area contributed by atoms with E-state index in [9.17, 15) is 4.79 Å². The van der Waals surface area contributed by atoms with Crippen LogP contribution in [0.2, 0.25) is 0 Å². The van der Waals surface area contributed by atoms with Crippen LogP contribution in [0.25, 0.3) is 0 Å². The molecular weight excluding hydrogens is 182 g/mol. The fourth-order valence-corrected chi connectivity index (χ4v) is 1.32. The van der Waals surface area contributed by atoms with Crippen molar-refractivity contribution in [2.45, 2.75) is 38.8 Å². The van der Waals surface area contributed by atoms with E-state index in [1.165, 1.54) is 0 Å². The lowest BCUT2D eigenvalue weighted by Gasteiger charge is -2.16. The third-order valence-corrected chi connectivity index (χ3v) is 2.43. The molecule has 1 heterocycles. The molecule has 1 saturated heterocycles. The zero-order valence-electron chi connectivity index (χ0n) is 8.86. The van der Waals surface area contributed by atoms with Crippen LogP contribution in [0.3, 0.4) is 0 Å². The van der Waals surface area contributed by atoms with Crippen LogP contribution in [0.1, 0.15) is 26.7 Å². The molecule has 4 nitrogen and oxygen atoms in total. The van der Waals surface area contributed by atoms with E-state index in [4.69, 9.17) is 15.2 Å². The largest absolute Gasteiger partial charge is 0.462 e. The Morgan fingerprint density at radius 1 is 1.64 bits per heavy atom. The fraction of sp³-hybridized carbons (Fsp3) is 0.900. The lowest BCUT2D eigenvalue weighted by atomic mass is 10.1. The van der Waals surface area contributed by atoms with Gasteiger partial charge in [-0.05, 0) is 18.8 Å². The van der Waals surface area contributed by atoms with E-state index in [0.717, 1.165) is 19.4 Å². The molecule has 0 aromatic rings. The van der Waals surface area contributed by atoms with Crippen molar-refractivity contribution in [3.8, 4) is 0 Å². The Labute approximate surface area is 84.7 Å². The van der Waals surface area contributed by atoms with Gasteiger partial charge in [0, 0.05) is 6.61 Å². The molecule has 0 aromatic heterocycles. The molecule has 0 bridgehead atoms. The average Bonchev–Trinajstić information content (AvgIpc) is 2.65. The number of carbonyl (C=O) groups is 1. The van der Waals surface area contributed by atoms with E-state index in [1.807, 2.05) is 13.8 Å². The number of rotatable bonds is 4. The lowest BCUT2D eigenvalue weighted by molar-refractivity contribution is -0.149. The molecule has 4 heteroatoms. The Morgan fingerprint density at radius 2 is 2.36 bits per heavy atom. The first-order chi connectivity index (χ1) is 6.61. The van der Waals surface area contributed by atoms with Gasteiger partial charge >= 0.3 is 5.97 Å². The summed E-state index contributed by atoms with van der Waals surface area (Å²) in [5.41, 5.74) is 5.63. The van der Waals surface area contributed by atoms with Gasteiger partial charge in [-0.15, -0.1) is 0 Å². The summed E-state index contributed by atoms with van der Waals surface area (Å²) in [6, 6.07) is -0.517. The summed E-state index contributed by atoms with van der Waals surface area (Å²) >= 11 is 0. The third-order valence-electron chi connectivity index (χ3n) is 2.43.